The Morgan fingerprint density at radius 3 is 2.75 bits per heavy atom. The van der Waals surface area contributed by atoms with E-state index in [4.69, 9.17) is 9.73 Å². The molecule has 0 atom stereocenters. The summed E-state index contributed by atoms with van der Waals surface area (Å²) >= 11 is 0. The summed E-state index contributed by atoms with van der Waals surface area (Å²) in [6.07, 6.45) is 6.89. The van der Waals surface area contributed by atoms with Crippen molar-refractivity contribution in [1.29, 1.82) is 0 Å². The van der Waals surface area contributed by atoms with E-state index in [1.54, 1.807) is 0 Å². The van der Waals surface area contributed by atoms with Gasteiger partial charge in [0.05, 0.1) is 19.8 Å². The van der Waals surface area contributed by atoms with Crippen molar-refractivity contribution >= 4 is 11.8 Å². The number of hydrogen-bond acceptors (Lipinski definition) is 5. The molecule has 7 nitrogen and oxygen atoms in total. The molecule has 2 aliphatic heterocycles. The molecule has 7 heteroatoms. The van der Waals surface area contributed by atoms with Crippen LogP contribution in [0.1, 0.15) is 38.2 Å². The summed E-state index contributed by atoms with van der Waals surface area (Å²) < 4.78 is 5.40. The first-order valence-corrected chi connectivity index (χ1v) is 10.9. The van der Waals surface area contributed by atoms with E-state index >= 15 is 0 Å². The lowest BCUT2D eigenvalue weighted by Gasteiger charge is -2.27. The molecule has 2 aliphatic rings. The Bertz CT molecular complexity index is 596. The minimum absolute atomic E-state index is 0.669. The Kier molecular flexibility index (Phi) is 8.84. The first-order chi connectivity index (χ1) is 13.8. The van der Waals surface area contributed by atoms with Gasteiger partial charge in [0.1, 0.15) is 5.82 Å². The number of guanidine groups is 1. The maximum atomic E-state index is 5.40. The normalized spacial score (nSPS) is 18.9. The smallest absolute Gasteiger partial charge is 0.191 e. The van der Waals surface area contributed by atoms with Crippen molar-refractivity contribution in [3.8, 4) is 0 Å². The molecule has 156 valence electrons. The molecule has 0 aliphatic carbocycles. The van der Waals surface area contributed by atoms with Gasteiger partial charge in [-0.25, -0.2) is 9.98 Å². The summed E-state index contributed by atoms with van der Waals surface area (Å²) in [6, 6.07) is 4.26. The average molecular weight is 389 g/mol. The summed E-state index contributed by atoms with van der Waals surface area (Å²) in [4.78, 5) is 14.2. The molecular weight excluding hydrogens is 352 g/mol. The minimum Gasteiger partial charge on any atom is -0.379 e. The van der Waals surface area contributed by atoms with Crippen molar-refractivity contribution in [1.82, 2.24) is 20.5 Å². The van der Waals surface area contributed by atoms with Crippen molar-refractivity contribution in [2.24, 2.45) is 4.99 Å². The van der Waals surface area contributed by atoms with Crippen LogP contribution in [0.15, 0.2) is 23.3 Å². The topological polar surface area (TPSA) is 65.0 Å². The Labute approximate surface area is 169 Å². The number of aliphatic imine (C=N–C) groups is 1. The zero-order chi connectivity index (χ0) is 19.4. The Morgan fingerprint density at radius 2 is 1.96 bits per heavy atom. The van der Waals surface area contributed by atoms with Crippen LogP contribution < -0.4 is 15.5 Å². The van der Waals surface area contributed by atoms with Gasteiger partial charge in [-0.1, -0.05) is 0 Å². The Balaban J connectivity index is 1.46. The number of anilines is 1. The van der Waals surface area contributed by atoms with E-state index in [0.29, 0.717) is 6.54 Å². The largest absolute Gasteiger partial charge is 0.379 e. The number of piperidine rings is 1. The standard InChI is InChI=1S/C21H36N6O/c1-2-22-21(24-8-6-10-26-13-15-28-16-14-26)25-18-19-7-9-23-20(17-19)27-11-4-3-5-12-27/h7,9,17H,2-6,8,10-16,18H2,1H3,(H2,22,24,25). The second kappa shape index (κ2) is 11.9. The van der Waals surface area contributed by atoms with Gasteiger partial charge >= 0.3 is 0 Å². The van der Waals surface area contributed by atoms with Crippen molar-refractivity contribution in [2.75, 3.05) is 63.9 Å². The fourth-order valence-corrected chi connectivity index (χ4v) is 3.70. The lowest BCUT2D eigenvalue weighted by molar-refractivity contribution is 0.0376. The Hall–Kier alpha value is -1.86. The van der Waals surface area contributed by atoms with Gasteiger partial charge < -0.3 is 20.3 Å². The molecule has 0 aromatic carbocycles. The summed E-state index contributed by atoms with van der Waals surface area (Å²) in [6.45, 7) is 11.7. The molecule has 2 N–H and O–H groups in total. The summed E-state index contributed by atoms with van der Waals surface area (Å²) in [5.41, 5.74) is 1.21. The lowest BCUT2D eigenvalue weighted by Crippen LogP contribution is -2.40. The van der Waals surface area contributed by atoms with Crippen molar-refractivity contribution in [2.45, 2.75) is 39.2 Å². The quantitative estimate of drug-likeness (QED) is 0.403. The highest BCUT2D eigenvalue weighted by atomic mass is 16.5. The van der Waals surface area contributed by atoms with Crippen molar-refractivity contribution < 1.29 is 4.74 Å². The number of pyridine rings is 1. The molecule has 2 saturated heterocycles. The summed E-state index contributed by atoms with van der Waals surface area (Å²) in [5, 5.41) is 6.81. The molecule has 0 amide bonds. The van der Waals surface area contributed by atoms with Gasteiger partial charge in [-0.3, -0.25) is 4.90 Å². The van der Waals surface area contributed by atoms with Crippen molar-refractivity contribution in [3.63, 3.8) is 0 Å². The first kappa shape index (κ1) is 20.9. The Morgan fingerprint density at radius 1 is 1.14 bits per heavy atom. The van der Waals surface area contributed by atoms with E-state index in [2.05, 4.69) is 44.5 Å². The van der Waals surface area contributed by atoms with Crippen LogP contribution in [-0.4, -0.2) is 74.9 Å². The molecule has 28 heavy (non-hydrogen) atoms. The third-order valence-corrected chi connectivity index (χ3v) is 5.30. The first-order valence-electron chi connectivity index (χ1n) is 10.9. The highest BCUT2D eigenvalue weighted by Crippen LogP contribution is 2.18. The number of rotatable bonds is 8. The highest BCUT2D eigenvalue weighted by Gasteiger charge is 2.12. The molecule has 0 bridgehead atoms. The molecule has 3 rings (SSSR count). The van der Waals surface area contributed by atoms with Gasteiger partial charge in [-0.2, -0.15) is 0 Å². The maximum Gasteiger partial charge on any atom is 0.191 e. The van der Waals surface area contributed by atoms with Gasteiger partial charge in [-0.15, -0.1) is 0 Å². The summed E-state index contributed by atoms with van der Waals surface area (Å²) in [7, 11) is 0. The minimum atomic E-state index is 0.669. The number of nitrogens with one attached hydrogen (secondary N) is 2. The van der Waals surface area contributed by atoms with E-state index < -0.39 is 0 Å². The predicted molar refractivity (Wildman–Crippen MR) is 115 cm³/mol. The molecule has 2 fully saturated rings. The maximum absolute atomic E-state index is 5.40. The van der Waals surface area contributed by atoms with Crippen LogP contribution in [0.3, 0.4) is 0 Å². The fourth-order valence-electron chi connectivity index (χ4n) is 3.70. The number of hydrogen-bond donors (Lipinski definition) is 2. The number of ether oxygens (including phenoxy) is 1. The monoisotopic (exact) mass is 388 g/mol. The van der Waals surface area contributed by atoms with Gasteiger partial charge in [0.25, 0.3) is 0 Å². The number of morpholine rings is 1. The molecule has 3 heterocycles. The van der Waals surface area contributed by atoms with E-state index in [9.17, 15) is 0 Å². The molecule has 1 aromatic rings. The van der Waals surface area contributed by atoms with Crippen LogP contribution in [0.2, 0.25) is 0 Å². The SMILES string of the molecule is CCNC(=NCc1ccnc(N2CCCCC2)c1)NCCCN1CCOCC1. The van der Waals surface area contributed by atoms with Crippen LogP contribution in [-0.2, 0) is 11.3 Å². The van der Waals surface area contributed by atoms with Crippen LogP contribution in [0.25, 0.3) is 0 Å². The number of aromatic nitrogens is 1. The molecule has 0 saturated carbocycles. The molecule has 0 spiro atoms. The van der Waals surface area contributed by atoms with Crippen LogP contribution in [0.5, 0.6) is 0 Å². The van der Waals surface area contributed by atoms with E-state index in [0.717, 1.165) is 77.2 Å². The highest BCUT2D eigenvalue weighted by molar-refractivity contribution is 5.79. The average Bonchev–Trinajstić information content (AvgIpc) is 2.76. The number of nitrogens with zero attached hydrogens (tertiary/aromatic N) is 4. The van der Waals surface area contributed by atoms with Crippen LogP contribution in [0.4, 0.5) is 5.82 Å². The third-order valence-electron chi connectivity index (χ3n) is 5.30. The molecular formula is C21H36N6O. The summed E-state index contributed by atoms with van der Waals surface area (Å²) in [5.74, 6) is 1.98. The van der Waals surface area contributed by atoms with Crippen molar-refractivity contribution in [3.05, 3.63) is 23.9 Å². The zero-order valence-corrected chi connectivity index (χ0v) is 17.3. The predicted octanol–water partition coefficient (Wildman–Crippen LogP) is 1.85. The second-order valence-corrected chi connectivity index (χ2v) is 7.50. The van der Waals surface area contributed by atoms with E-state index in [1.165, 1.54) is 24.8 Å². The van der Waals surface area contributed by atoms with Crippen LogP contribution in [0, 0.1) is 0 Å². The van der Waals surface area contributed by atoms with E-state index in [1.807, 2.05) is 6.20 Å². The van der Waals surface area contributed by atoms with Gasteiger partial charge in [0, 0.05) is 45.5 Å². The van der Waals surface area contributed by atoms with E-state index in [-0.39, 0.29) is 0 Å². The second-order valence-electron chi connectivity index (χ2n) is 7.50. The molecule has 0 radical (unpaired) electrons. The van der Waals surface area contributed by atoms with Crippen LogP contribution >= 0.6 is 0 Å². The van der Waals surface area contributed by atoms with Gasteiger partial charge in [0.2, 0.25) is 0 Å². The third kappa shape index (κ3) is 6.95. The fraction of sp³-hybridized carbons (Fsp3) is 0.714. The van der Waals surface area contributed by atoms with Gasteiger partial charge in [-0.05, 0) is 56.8 Å². The molecule has 0 unspecified atom stereocenters. The lowest BCUT2D eigenvalue weighted by atomic mass is 10.1. The van der Waals surface area contributed by atoms with Gasteiger partial charge in [0.15, 0.2) is 5.96 Å². The zero-order valence-electron chi connectivity index (χ0n) is 17.3. The molecule has 1 aromatic heterocycles.